The summed E-state index contributed by atoms with van der Waals surface area (Å²) in [5.41, 5.74) is 5.44. The molecule has 4 rings (SSSR count). The summed E-state index contributed by atoms with van der Waals surface area (Å²) in [6.07, 6.45) is 1.79. The van der Waals surface area contributed by atoms with Crippen molar-refractivity contribution in [2.24, 2.45) is 0 Å². The predicted octanol–water partition coefficient (Wildman–Crippen LogP) is 5.46. The third kappa shape index (κ3) is 3.92. The Balaban J connectivity index is 1.62. The minimum atomic E-state index is -0.0511. The molecule has 1 amide bonds. The van der Waals surface area contributed by atoms with E-state index in [1.807, 2.05) is 24.0 Å². The van der Waals surface area contributed by atoms with Gasteiger partial charge in [-0.05, 0) is 55.5 Å². The van der Waals surface area contributed by atoms with E-state index < -0.39 is 0 Å². The number of hydrogen-bond acceptors (Lipinski definition) is 5. The lowest BCUT2D eigenvalue weighted by Crippen LogP contribution is -2.38. The topological polar surface area (TPSA) is 51.7 Å². The third-order valence-corrected chi connectivity index (χ3v) is 7.24. The van der Waals surface area contributed by atoms with Gasteiger partial charge in [-0.15, -0.1) is 11.3 Å². The number of nitrogens with zero attached hydrogens (tertiary/aromatic N) is 2. The van der Waals surface area contributed by atoms with E-state index >= 15 is 0 Å². The van der Waals surface area contributed by atoms with Crippen molar-refractivity contribution in [2.45, 2.75) is 39.7 Å². The molecule has 0 fully saturated rings. The van der Waals surface area contributed by atoms with Gasteiger partial charge in [-0.3, -0.25) is 4.79 Å². The van der Waals surface area contributed by atoms with E-state index in [9.17, 15) is 4.79 Å². The molecule has 0 spiro atoms. The molecule has 0 aliphatic carbocycles. The molecule has 31 heavy (non-hydrogen) atoms. The highest BCUT2D eigenvalue weighted by Crippen LogP contribution is 2.39. The summed E-state index contributed by atoms with van der Waals surface area (Å²) in [6.45, 7) is 6.80. The maximum atomic E-state index is 13.5. The average Bonchev–Trinajstić information content (AvgIpc) is 3.19. The Hall–Kier alpha value is -2.86. The number of benzene rings is 2. The van der Waals surface area contributed by atoms with Gasteiger partial charge >= 0.3 is 0 Å². The number of thiazole rings is 1. The van der Waals surface area contributed by atoms with Crippen molar-refractivity contribution in [1.82, 2.24) is 9.88 Å². The fourth-order valence-corrected chi connectivity index (χ4v) is 5.18. The van der Waals surface area contributed by atoms with Crippen LogP contribution in [-0.2, 0) is 12.8 Å². The van der Waals surface area contributed by atoms with Gasteiger partial charge < -0.3 is 14.4 Å². The van der Waals surface area contributed by atoms with Crippen LogP contribution in [0.2, 0.25) is 0 Å². The second-order valence-electron chi connectivity index (χ2n) is 7.81. The standard InChI is InChI=1S/C25H28N2O3S/c1-6-17-7-9-18(10-8-17)24-26-15(2)23(31-24)25(28)27-12-11-19-13-21(29-4)22(30-5)14-20(19)16(27)3/h7-10,13-14,16H,6,11-12H2,1-5H3/t16-/m1/s1. The number of aryl methyl sites for hydroxylation is 2. The normalized spacial score (nSPS) is 15.5. The molecule has 5 nitrogen and oxygen atoms in total. The van der Waals surface area contributed by atoms with Crippen LogP contribution in [0.1, 0.15) is 51.9 Å². The minimum Gasteiger partial charge on any atom is -0.493 e. The van der Waals surface area contributed by atoms with Crippen LogP contribution >= 0.6 is 11.3 Å². The Bertz CT molecular complexity index is 1100. The van der Waals surface area contributed by atoms with Crippen molar-refractivity contribution in [2.75, 3.05) is 20.8 Å². The summed E-state index contributed by atoms with van der Waals surface area (Å²) in [6, 6.07) is 12.4. The first-order valence-corrected chi connectivity index (χ1v) is 11.4. The van der Waals surface area contributed by atoms with Crippen molar-refractivity contribution < 1.29 is 14.3 Å². The molecule has 6 heteroatoms. The molecule has 0 unspecified atom stereocenters. The summed E-state index contributed by atoms with van der Waals surface area (Å²) >= 11 is 1.48. The zero-order valence-electron chi connectivity index (χ0n) is 18.7. The average molecular weight is 437 g/mol. The molecule has 162 valence electrons. The van der Waals surface area contributed by atoms with Gasteiger partial charge in [0.1, 0.15) is 9.88 Å². The van der Waals surface area contributed by atoms with Crippen molar-refractivity contribution in [3.05, 3.63) is 63.7 Å². The number of rotatable bonds is 5. The SMILES string of the molecule is CCc1ccc(-c2nc(C)c(C(=O)N3CCc4cc(OC)c(OC)cc4[C@H]3C)s2)cc1. The lowest BCUT2D eigenvalue weighted by Gasteiger charge is -2.35. The molecule has 0 N–H and O–H groups in total. The number of aromatic nitrogens is 1. The van der Waals surface area contributed by atoms with E-state index in [4.69, 9.17) is 14.5 Å². The van der Waals surface area contributed by atoms with Gasteiger partial charge in [0.05, 0.1) is 26.0 Å². The van der Waals surface area contributed by atoms with Crippen LogP contribution < -0.4 is 9.47 Å². The molecule has 1 aliphatic heterocycles. The highest BCUT2D eigenvalue weighted by Gasteiger charge is 2.31. The molecular formula is C25H28N2O3S. The third-order valence-electron chi connectivity index (χ3n) is 6.05. The molecule has 0 saturated heterocycles. The second-order valence-corrected chi connectivity index (χ2v) is 8.81. The highest BCUT2D eigenvalue weighted by molar-refractivity contribution is 7.17. The first kappa shape index (κ1) is 21.4. The van der Waals surface area contributed by atoms with Gasteiger partial charge in [-0.25, -0.2) is 4.98 Å². The number of carbonyl (C=O) groups is 1. The zero-order valence-corrected chi connectivity index (χ0v) is 19.5. The first-order valence-electron chi connectivity index (χ1n) is 10.6. The van der Waals surface area contributed by atoms with Crippen molar-refractivity contribution in [3.63, 3.8) is 0 Å². The Kier molecular flexibility index (Phi) is 6.01. The van der Waals surface area contributed by atoms with Crippen LogP contribution in [0.5, 0.6) is 11.5 Å². The number of carbonyl (C=O) groups excluding carboxylic acids is 1. The zero-order chi connectivity index (χ0) is 22.1. The summed E-state index contributed by atoms with van der Waals surface area (Å²) in [4.78, 5) is 20.9. The molecule has 0 radical (unpaired) electrons. The molecule has 0 saturated carbocycles. The summed E-state index contributed by atoms with van der Waals surface area (Å²) in [5, 5.41) is 0.889. The summed E-state index contributed by atoms with van der Waals surface area (Å²) < 4.78 is 10.9. The van der Waals surface area contributed by atoms with Gasteiger partial charge in [0.15, 0.2) is 11.5 Å². The van der Waals surface area contributed by atoms with Crippen LogP contribution in [0.3, 0.4) is 0 Å². The van der Waals surface area contributed by atoms with Crippen molar-refractivity contribution >= 4 is 17.2 Å². The smallest absolute Gasteiger partial charge is 0.266 e. The van der Waals surface area contributed by atoms with E-state index in [1.165, 1.54) is 22.5 Å². The van der Waals surface area contributed by atoms with E-state index in [0.717, 1.165) is 40.4 Å². The van der Waals surface area contributed by atoms with E-state index in [-0.39, 0.29) is 11.9 Å². The van der Waals surface area contributed by atoms with E-state index in [0.29, 0.717) is 17.2 Å². The maximum Gasteiger partial charge on any atom is 0.266 e. The van der Waals surface area contributed by atoms with E-state index in [2.05, 4.69) is 38.1 Å². The van der Waals surface area contributed by atoms with Gasteiger partial charge in [0.25, 0.3) is 5.91 Å². The maximum absolute atomic E-state index is 13.5. The number of hydrogen-bond donors (Lipinski definition) is 0. The van der Waals surface area contributed by atoms with Crippen LogP contribution in [0.25, 0.3) is 10.6 Å². The highest BCUT2D eigenvalue weighted by atomic mass is 32.1. The minimum absolute atomic E-state index is 0.0411. The summed E-state index contributed by atoms with van der Waals surface area (Å²) in [7, 11) is 3.28. The molecular weight excluding hydrogens is 408 g/mol. The van der Waals surface area contributed by atoms with Crippen LogP contribution in [0, 0.1) is 6.92 Å². The first-order chi connectivity index (χ1) is 15.0. The fourth-order valence-electron chi connectivity index (χ4n) is 4.15. The molecule has 3 aromatic rings. The molecule has 0 bridgehead atoms. The van der Waals surface area contributed by atoms with Gasteiger partial charge in [-0.2, -0.15) is 0 Å². The van der Waals surface area contributed by atoms with Crippen LogP contribution in [0.15, 0.2) is 36.4 Å². The quantitative estimate of drug-likeness (QED) is 0.533. The number of methoxy groups -OCH3 is 2. The molecule has 1 aromatic heterocycles. The Labute approximate surface area is 187 Å². The lowest BCUT2D eigenvalue weighted by atomic mass is 9.92. The van der Waals surface area contributed by atoms with Gasteiger partial charge in [-0.1, -0.05) is 31.2 Å². The van der Waals surface area contributed by atoms with Gasteiger partial charge in [0, 0.05) is 12.1 Å². The van der Waals surface area contributed by atoms with Crippen molar-refractivity contribution in [3.8, 4) is 22.1 Å². The molecule has 1 aliphatic rings. The molecule has 2 aromatic carbocycles. The Morgan fingerprint density at radius 2 is 1.84 bits per heavy atom. The molecule has 2 heterocycles. The largest absolute Gasteiger partial charge is 0.493 e. The lowest BCUT2D eigenvalue weighted by molar-refractivity contribution is 0.0681. The Morgan fingerprint density at radius 1 is 1.16 bits per heavy atom. The van der Waals surface area contributed by atoms with Gasteiger partial charge in [0.2, 0.25) is 0 Å². The second kappa shape index (κ2) is 8.71. The number of ether oxygens (including phenoxy) is 2. The van der Waals surface area contributed by atoms with Crippen LogP contribution in [-0.4, -0.2) is 36.6 Å². The van der Waals surface area contributed by atoms with Crippen molar-refractivity contribution in [1.29, 1.82) is 0 Å². The number of amides is 1. The predicted molar refractivity (Wildman–Crippen MR) is 124 cm³/mol. The Morgan fingerprint density at radius 3 is 2.48 bits per heavy atom. The number of fused-ring (bicyclic) bond motifs is 1. The van der Waals surface area contributed by atoms with E-state index in [1.54, 1.807) is 14.2 Å². The van der Waals surface area contributed by atoms with Crippen LogP contribution in [0.4, 0.5) is 0 Å². The fraction of sp³-hybridized carbons (Fsp3) is 0.360. The monoisotopic (exact) mass is 436 g/mol. The molecule has 1 atom stereocenters. The summed E-state index contributed by atoms with van der Waals surface area (Å²) in [5.74, 6) is 1.46.